The van der Waals surface area contributed by atoms with E-state index in [4.69, 9.17) is 14.2 Å². The fourth-order valence-corrected chi connectivity index (χ4v) is 9.81. The van der Waals surface area contributed by atoms with Crippen LogP contribution in [0.1, 0.15) is 86.0 Å². The molecule has 3 heterocycles. The maximum absolute atomic E-state index is 13.1. The van der Waals surface area contributed by atoms with E-state index in [0.717, 1.165) is 44.9 Å². The predicted molar refractivity (Wildman–Crippen MR) is 116 cm³/mol. The smallest absolute Gasteiger partial charge is 0.309 e. The van der Waals surface area contributed by atoms with Gasteiger partial charge in [-0.25, -0.2) is 0 Å². The van der Waals surface area contributed by atoms with Crippen LogP contribution in [0.25, 0.3) is 0 Å². The highest BCUT2D eigenvalue weighted by Crippen LogP contribution is 2.79. The topological polar surface area (TPSA) is 85.2 Å². The van der Waals surface area contributed by atoms with Crippen LogP contribution in [0.3, 0.4) is 0 Å². The van der Waals surface area contributed by atoms with Crippen molar-refractivity contribution in [2.45, 2.75) is 121 Å². The minimum atomic E-state index is -1.04. The lowest BCUT2D eigenvalue weighted by atomic mass is 9.37. The number of carbonyl (C=O) groups excluding carboxylic acids is 1. The van der Waals surface area contributed by atoms with Crippen molar-refractivity contribution >= 4 is 5.97 Å². The monoisotopic (exact) mass is 448 g/mol. The first-order valence-electron chi connectivity index (χ1n) is 13.0. The molecule has 0 aromatic rings. The summed E-state index contributed by atoms with van der Waals surface area (Å²) in [5.41, 5.74) is -2.43. The molecule has 0 aromatic heterocycles. The first kappa shape index (κ1) is 21.8. The molecule has 0 amide bonds. The molecule has 1 spiro atoms. The summed E-state index contributed by atoms with van der Waals surface area (Å²) < 4.78 is 20.1. The van der Waals surface area contributed by atoms with Crippen LogP contribution in [0.15, 0.2) is 0 Å². The summed E-state index contributed by atoms with van der Waals surface area (Å²) in [5.74, 6) is -0.816. The van der Waals surface area contributed by atoms with Crippen LogP contribution < -0.4 is 0 Å². The largest absolute Gasteiger partial charge is 0.459 e. The zero-order valence-corrected chi connectivity index (χ0v) is 20.2. The lowest BCUT2D eigenvalue weighted by Crippen LogP contribution is -2.90. The average Bonchev–Trinajstić information content (AvgIpc) is 3.00. The van der Waals surface area contributed by atoms with E-state index in [1.54, 1.807) is 0 Å². The Hall–Kier alpha value is -0.690. The normalized spacial score (nSPS) is 60.6. The number of aliphatic hydroxyl groups is 2. The van der Waals surface area contributed by atoms with E-state index >= 15 is 0 Å². The third-order valence-electron chi connectivity index (χ3n) is 11.6. The Balaban J connectivity index is 1.51. The second-order valence-corrected chi connectivity index (χ2v) is 12.6. The highest BCUT2D eigenvalue weighted by atomic mass is 16.7. The summed E-state index contributed by atoms with van der Waals surface area (Å²) in [5, 5.41) is 23.0. The summed E-state index contributed by atoms with van der Waals surface area (Å²) in [6.45, 7) is 10.4. The van der Waals surface area contributed by atoms with Gasteiger partial charge in [0.15, 0.2) is 5.79 Å². The van der Waals surface area contributed by atoms with Crippen LogP contribution in [0.5, 0.6) is 0 Å². The van der Waals surface area contributed by atoms with Gasteiger partial charge in [0.2, 0.25) is 0 Å². The van der Waals surface area contributed by atoms with Crippen molar-refractivity contribution < 1.29 is 29.2 Å². The molecular weight excluding hydrogens is 408 g/mol. The molecule has 4 saturated carbocycles. The molecule has 7 fully saturated rings. The number of esters is 1. The fourth-order valence-electron chi connectivity index (χ4n) is 9.81. The first-order valence-corrected chi connectivity index (χ1v) is 13.0. The van der Waals surface area contributed by atoms with E-state index in [2.05, 4.69) is 20.8 Å². The van der Waals surface area contributed by atoms with E-state index in [0.29, 0.717) is 12.3 Å². The summed E-state index contributed by atoms with van der Waals surface area (Å²) >= 11 is 0. The molecule has 6 heteroatoms. The Bertz CT molecular complexity index is 846. The summed E-state index contributed by atoms with van der Waals surface area (Å²) in [6.07, 6.45) is 5.37. The van der Waals surface area contributed by atoms with Gasteiger partial charge < -0.3 is 24.4 Å². The van der Waals surface area contributed by atoms with Gasteiger partial charge in [-0.2, -0.15) is 0 Å². The van der Waals surface area contributed by atoms with Gasteiger partial charge in [-0.15, -0.1) is 0 Å². The average molecular weight is 449 g/mol. The van der Waals surface area contributed by atoms with Crippen molar-refractivity contribution in [2.75, 3.05) is 0 Å². The Morgan fingerprint density at radius 2 is 1.91 bits per heavy atom. The molecule has 180 valence electrons. The third kappa shape index (κ3) is 2.16. The fraction of sp³-hybridized carbons (Fsp3) is 0.962. The highest BCUT2D eigenvalue weighted by Gasteiger charge is 2.89. The molecule has 6 bridgehead atoms. The molecule has 3 aliphatic heterocycles. The van der Waals surface area contributed by atoms with Crippen molar-refractivity contribution in [1.82, 2.24) is 0 Å². The Labute approximate surface area is 191 Å². The number of carbonyl (C=O) groups is 1. The second kappa shape index (κ2) is 6.30. The number of hydrogen-bond acceptors (Lipinski definition) is 6. The molecule has 0 radical (unpaired) electrons. The molecule has 2 unspecified atom stereocenters. The van der Waals surface area contributed by atoms with E-state index in [1.165, 1.54) is 0 Å². The molecule has 7 aliphatic rings. The molecule has 4 aliphatic carbocycles. The SMILES string of the molecule is CCC(C)C(=O)O[C@@H]1[C@@H]2O[C@]3(C)OC4(CC[C@H]5C[C@@H](O)CC[C@]5(C)[C@@H]24)[C@@]2(O)CC[C@H]3[C@@]12C. The van der Waals surface area contributed by atoms with Gasteiger partial charge in [0.25, 0.3) is 0 Å². The van der Waals surface area contributed by atoms with Crippen LogP contribution in [-0.4, -0.2) is 51.5 Å². The number of fused-ring (bicyclic) bond motifs is 1. The predicted octanol–water partition coefficient (Wildman–Crippen LogP) is 3.57. The minimum Gasteiger partial charge on any atom is -0.459 e. The maximum atomic E-state index is 13.1. The Kier molecular flexibility index (Phi) is 4.29. The van der Waals surface area contributed by atoms with E-state index in [9.17, 15) is 15.0 Å². The van der Waals surface area contributed by atoms with Crippen LogP contribution in [0, 0.1) is 34.5 Å². The molecule has 6 nitrogen and oxygen atoms in total. The Morgan fingerprint density at radius 1 is 1.16 bits per heavy atom. The van der Waals surface area contributed by atoms with Gasteiger partial charge in [-0.1, -0.05) is 27.7 Å². The van der Waals surface area contributed by atoms with Gasteiger partial charge in [0, 0.05) is 17.3 Å². The molecule has 32 heavy (non-hydrogen) atoms. The molecule has 12 atom stereocenters. The van der Waals surface area contributed by atoms with Gasteiger partial charge in [0.05, 0.1) is 12.0 Å². The van der Waals surface area contributed by atoms with Gasteiger partial charge >= 0.3 is 5.97 Å². The first-order chi connectivity index (χ1) is 15.0. The maximum Gasteiger partial charge on any atom is 0.309 e. The third-order valence-corrected chi connectivity index (χ3v) is 11.6. The molecule has 7 rings (SSSR count). The van der Waals surface area contributed by atoms with Crippen molar-refractivity contribution in [1.29, 1.82) is 0 Å². The number of aliphatic hydroxyl groups excluding tert-OH is 1. The van der Waals surface area contributed by atoms with Crippen LogP contribution in [-0.2, 0) is 19.0 Å². The Morgan fingerprint density at radius 3 is 2.62 bits per heavy atom. The van der Waals surface area contributed by atoms with Gasteiger partial charge in [0.1, 0.15) is 23.4 Å². The zero-order valence-electron chi connectivity index (χ0n) is 20.2. The zero-order chi connectivity index (χ0) is 22.9. The van der Waals surface area contributed by atoms with E-state index in [-0.39, 0.29) is 41.3 Å². The lowest BCUT2D eigenvalue weighted by Gasteiger charge is -2.79. The number of hydrogen-bond donors (Lipinski definition) is 2. The van der Waals surface area contributed by atoms with Crippen molar-refractivity contribution in [3.05, 3.63) is 0 Å². The highest BCUT2D eigenvalue weighted by molar-refractivity contribution is 5.72. The summed E-state index contributed by atoms with van der Waals surface area (Å²) in [6, 6.07) is 0. The number of rotatable bonds is 3. The van der Waals surface area contributed by atoms with Crippen molar-refractivity contribution in [2.24, 2.45) is 34.5 Å². The molecule has 3 saturated heterocycles. The minimum absolute atomic E-state index is 0.00346. The summed E-state index contributed by atoms with van der Waals surface area (Å²) in [4.78, 5) is 13.1. The molecule has 2 N–H and O–H groups in total. The van der Waals surface area contributed by atoms with E-state index < -0.39 is 28.5 Å². The molecular formula is C26H40O6. The van der Waals surface area contributed by atoms with Crippen molar-refractivity contribution in [3.8, 4) is 0 Å². The van der Waals surface area contributed by atoms with E-state index in [1.807, 2.05) is 13.8 Å². The number of ether oxygens (including phenoxy) is 3. The van der Waals surface area contributed by atoms with Crippen LogP contribution in [0.2, 0.25) is 0 Å². The molecule has 0 aromatic carbocycles. The second-order valence-electron chi connectivity index (χ2n) is 12.6. The standard InChI is InChI=1S/C26H40O6/c1-6-14(2)21(28)30-20-18-19-22(3)10-8-16(27)13-15(22)7-11-25(19)26(29)12-9-17(23(20,26)4)24(5,31-18)32-25/h14-20,27,29H,6-13H2,1-5H3/t14?,15-,16-,17-,18+,19+,20+,22-,23-,24+,25?,26+/m0/s1. The quantitative estimate of drug-likeness (QED) is 0.507. The van der Waals surface area contributed by atoms with Crippen LogP contribution >= 0.6 is 0 Å². The van der Waals surface area contributed by atoms with Gasteiger partial charge in [-0.3, -0.25) is 4.79 Å². The lowest BCUT2D eigenvalue weighted by molar-refractivity contribution is -0.521. The van der Waals surface area contributed by atoms with Crippen molar-refractivity contribution in [3.63, 3.8) is 0 Å². The van der Waals surface area contributed by atoms with Gasteiger partial charge in [-0.05, 0) is 69.6 Å². The summed E-state index contributed by atoms with van der Waals surface area (Å²) in [7, 11) is 0. The van der Waals surface area contributed by atoms with Crippen LogP contribution in [0.4, 0.5) is 0 Å².